The van der Waals surface area contributed by atoms with E-state index in [2.05, 4.69) is 26.0 Å². The minimum atomic E-state index is -4.54. The number of hydrogen-bond donors (Lipinski definition) is 0. The molecular formula is C44H86NO7P. The van der Waals surface area contributed by atoms with Crippen LogP contribution in [-0.2, 0) is 27.9 Å². The second-order valence-electron chi connectivity index (χ2n) is 16.1. The van der Waals surface area contributed by atoms with Crippen LogP contribution in [0.1, 0.15) is 200 Å². The Hall–Kier alpha value is -1.18. The van der Waals surface area contributed by atoms with E-state index in [1.165, 1.54) is 135 Å². The third kappa shape index (κ3) is 41.8. The number of ether oxygens (including phenoxy) is 2. The number of phosphoric acid groups is 1. The van der Waals surface area contributed by atoms with E-state index in [0.717, 1.165) is 44.9 Å². The van der Waals surface area contributed by atoms with E-state index in [0.29, 0.717) is 17.4 Å². The summed E-state index contributed by atoms with van der Waals surface area (Å²) in [6, 6.07) is 0. The van der Waals surface area contributed by atoms with Crippen molar-refractivity contribution in [2.75, 3.05) is 47.5 Å². The summed E-state index contributed by atoms with van der Waals surface area (Å²) in [5.41, 5.74) is 0. The van der Waals surface area contributed by atoms with Gasteiger partial charge in [0.25, 0.3) is 7.82 Å². The zero-order valence-corrected chi connectivity index (χ0v) is 36.4. The molecule has 8 nitrogen and oxygen atoms in total. The van der Waals surface area contributed by atoms with E-state index >= 15 is 0 Å². The van der Waals surface area contributed by atoms with Crippen molar-refractivity contribution in [2.45, 2.75) is 206 Å². The minimum absolute atomic E-state index is 0.0166. The Morgan fingerprint density at radius 2 is 1.00 bits per heavy atom. The van der Waals surface area contributed by atoms with Gasteiger partial charge in [-0.25, -0.2) is 0 Å². The van der Waals surface area contributed by atoms with Gasteiger partial charge in [-0.3, -0.25) is 9.36 Å². The standard InChI is InChI=1S/C44H86NO7P/c1-6-8-10-12-14-16-18-20-22-24-26-28-30-32-34-36-39-49-41-43(42-51-53(47,48)50-40-38-45(3,4)5)52-44(46)37-35-33-31-29-27-25-23-21-19-17-15-13-11-9-7-2/h21,23,36,39,43H,6-20,22,24-35,37-38,40-42H2,1-5H3. The van der Waals surface area contributed by atoms with Crippen LogP contribution in [0.3, 0.4) is 0 Å². The number of nitrogens with zero attached hydrogens (tertiary/aromatic N) is 1. The molecule has 314 valence electrons. The zero-order valence-electron chi connectivity index (χ0n) is 35.5. The Labute approximate surface area is 328 Å². The molecule has 53 heavy (non-hydrogen) atoms. The average molecular weight is 772 g/mol. The van der Waals surface area contributed by atoms with Crippen LogP contribution < -0.4 is 4.89 Å². The topological polar surface area (TPSA) is 94.1 Å². The summed E-state index contributed by atoms with van der Waals surface area (Å²) in [6.45, 7) is 4.74. The Morgan fingerprint density at radius 3 is 1.45 bits per heavy atom. The van der Waals surface area contributed by atoms with Gasteiger partial charge in [0.15, 0.2) is 6.10 Å². The Kier molecular flexibility index (Phi) is 36.9. The molecule has 0 bridgehead atoms. The monoisotopic (exact) mass is 772 g/mol. The Morgan fingerprint density at radius 1 is 0.585 bits per heavy atom. The van der Waals surface area contributed by atoms with Crippen LogP contribution in [-0.4, -0.2) is 64.1 Å². The fraction of sp³-hybridized carbons (Fsp3) is 0.886. The summed E-state index contributed by atoms with van der Waals surface area (Å²) in [4.78, 5) is 25.0. The number of hydrogen-bond acceptors (Lipinski definition) is 7. The van der Waals surface area contributed by atoms with E-state index in [-0.39, 0.29) is 25.8 Å². The van der Waals surface area contributed by atoms with E-state index in [9.17, 15) is 14.3 Å². The molecule has 0 N–H and O–H groups in total. The Balaban J connectivity index is 4.28. The number of unbranched alkanes of at least 4 members (excludes halogenated alkanes) is 25. The van der Waals surface area contributed by atoms with Gasteiger partial charge < -0.3 is 27.9 Å². The second kappa shape index (κ2) is 37.7. The first kappa shape index (κ1) is 51.8. The quantitative estimate of drug-likeness (QED) is 0.0152. The van der Waals surface area contributed by atoms with Gasteiger partial charge in [-0.1, -0.05) is 161 Å². The highest BCUT2D eigenvalue weighted by Crippen LogP contribution is 2.38. The number of allylic oxidation sites excluding steroid dienone is 3. The summed E-state index contributed by atoms with van der Waals surface area (Å²) in [6.07, 6.45) is 42.8. The van der Waals surface area contributed by atoms with Crippen LogP contribution in [0.5, 0.6) is 0 Å². The molecule has 0 amide bonds. The van der Waals surface area contributed by atoms with Crippen molar-refractivity contribution in [3.63, 3.8) is 0 Å². The molecule has 0 rings (SSSR count). The van der Waals surface area contributed by atoms with Gasteiger partial charge in [0, 0.05) is 6.42 Å². The molecular weight excluding hydrogens is 685 g/mol. The molecule has 9 heteroatoms. The molecule has 0 saturated carbocycles. The number of phosphoric ester groups is 1. The van der Waals surface area contributed by atoms with Gasteiger partial charge in [0.05, 0.1) is 34.0 Å². The van der Waals surface area contributed by atoms with Crippen LogP contribution in [0.2, 0.25) is 0 Å². The molecule has 0 radical (unpaired) electrons. The molecule has 0 aromatic carbocycles. The number of esters is 1. The highest BCUT2D eigenvalue weighted by Gasteiger charge is 2.20. The van der Waals surface area contributed by atoms with E-state index in [1.54, 1.807) is 6.26 Å². The predicted octanol–water partition coefficient (Wildman–Crippen LogP) is 12.5. The lowest BCUT2D eigenvalue weighted by molar-refractivity contribution is -0.870. The highest BCUT2D eigenvalue weighted by molar-refractivity contribution is 7.45. The summed E-state index contributed by atoms with van der Waals surface area (Å²) < 4.78 is 34.3. The van der Waals surface area contributed by atoms with Gasteiger partial charge in [0.1, 0.15) is 19.8 Å². The fourth-order valence-corrected chi connectivity index (χ4v) is 6.82. The summed E-state index contributed by atoms with van der Waals surface area (Å²) in [5.74, 6) is -0.363. The fourth-order valence-electron chi connectivity index (χ4n) is 6.09. The summed E-state index contributed by atoms with van der Waals surface area (Å²) in [7, 11) is 1.32. The highest BCUT2D eigenvalue weighted by atomic mass is 31.2. The van der Waals surface area contributed by atoms with Gasteiger partial charge in [-0.05, 0) is 51.0 Å². The first-order valence-corrected chi connectivity index (χ1v) is 23.6. The molecule has 0 aromatic rings. The molecule has 0 fully saturated rings. The van der Waals surface area contributed by atoms with Crippen molar-refractivity contribution in [1.29, 1.82) is 0 Å². The molecule has 2 unspecified atom stereocenters. The number of quaternary nitrogens is 1. The van der Waals surface area contributed by atoms with Crippen LogP contribution in [0.4, 0.5) is 0 Å². The number of rotatable bonds is 41. The van der Waals surface area contributed by atoms with Crippen LogP contribution >= 0.6 is 7.82 Å². The number of likely N-dealkylation sites (N-methyl/N-ethyl adjacent to an activating group) is 1. The maximum absolute atomic E-state index is 12.6. The molecule has 0 aliphatic carbocycles. The smallest absolute Gasteiger partial charge is 0.306 e. The predicted molar refractivity (Wildman–Crippen MR) is 222 cm³/mol. The van der Waals surface area contributed by atoms with E-state index in [4.69, 9.17) is 18.5 Å². The minimum Gasteiger partial charge on any atom is -0.756 e. The van der Waals surface area contributed by atoms with Gasteiger partial charge in [-0.2, -0.15) is 0 Å². The second-order valence-corrected chi connectivity index (χ2v) is 17.5. The molecule has 0 aromatic heterocycles. The Bertz CT molecular complexity index is 905. The van der Waals surface area contributed by atoms with E-state index in [1.807, 2.05) is 27.2 Å². The van der Waals surface area contributed by atoms with Gasteiger partial charge >= 0.3 is 5.97 Å². The van der Waals surface area contributed by atoms with Crippen molar-refractivity contribution in [2.24, 2.45) is 0 Å². The van der Waals surface area contributed by atoms with Crippen molar-refractivity contribution >= 4 is 13.8 Å². The lowest BCUT2D eigenvalue weighted by atomic mass is 10.0. The van der Waals surface area contributed by atoms with Crippen molar-refractivity contribution < 1.29 is 37.3 Å². The SMILES string of the molecule is CCCCCCCCC=CCCCCCCCC(=O)OC(COC=CCCCCCCCCCCCCCCCC)COP(=O)([O-])OCC[N+](C)(C)C. The number of carbonyl (C=O) groups excluding carboxylic acids is 1. The average Bonchev–Trinajstić information content (AvgIpc) is 3.11. The number of carbonyl (C=O) groups is 1. The molecule has 0 aliphatic rings. The maximum atomic E-state index is 12.6. The van der Waals surface area contributed by atoms with Crippen molar-refractivity contribution in [3.8, 4) is 0 Å². The lowest BCUT2D eigenvalue weighted by Crippen LogP contribution is -2.37. The third-order valence-electron chi connectivity index (χ3n) is 9.57. The summed E-state index contributed by atoms with van der Waals surface area (Å²) >= 11 is 0. The van der Waals surface area contributed by atoms with E-state index < -0.39 is 13.9 Å². The molecule has 0 spiro atoms. The molecule has 0 heterocycles. The normalized spacial score (nSPS) is 13.9. The largest absolute Gasteiger partial charge is 0.756 e. The molecule has 0 saturated heterocycles. The van der Waals surface area contributed by atoms with Crippen molar-refractivity contribution in [3.05, 3.63) is 24.5 Å². The van der Waals surface area contributed by atoms with Crippen molar-refractivity contribution in [1.82, 2.24) is 0 Å². The summed E-state index contributed by atoms with van der Waals surface area (Å²) in [5, 5.41) is 0. The maximum Gasteiger partial charge on any atom is 0.306 e. The van der Waals surface area contributed by atoms with Crippen LogP contribution in [0.25, 0.3) is 0 Å². The van der Waals surface area contributed by atoms with Crippen LogP contribution in [0, 0.1) is 0 Å². The lowest BCUT2D eigenvalue weighted by Gasteiger charge is -2.28. The molecule has 2 atom stereocenters. The van der Waals surface area contributed by atoms with Gasteiger partial charge in [0.2, 0.25) is 0 Å². The first-order chi connectivity index (χ1) is 25.6. The third-order valence-corrected chi connectivity index (χ3v) is 10.5. The molecule has 0 aliphatic heterocycles. The van der Waals surface area contributed by atoms with Gasteiger partial charge in [-0.15, -0.1) is 0 Å². The zero-order chi connectivity index (χ0) is 39.1. The van der Waals surface area contributed by atoms with Crippen LogP contribution in [0.15, 0.2) is 24.5 Å². The first-order valence-electron chi connectivity index (χ1n) is 22.1.